The third-order valence-electron chi connectivity index (χ3n) is 3.04. The first-order valence-corrected chi connectivity index (χ1v) is 7.21. The van der Waals surface area contributed by atoms with Gasteiger partial charge in [-0.15, -0.1) is 0 Å². The Morgan fingerprint density at radius 2 is 1.35 bits per heavy atom. The molecule has 0 rings (SSSR count). The molecule has 0 bridgehead atoms. The van der Waals surface area contributed by atoms with Crippen LogP contribution in [0, 0.1) is 0 Å². The van der Waals surface area contributed by atoms with E-state index < -0.39 is 0 Å². The molecule has 0 saturated heterocycles. The standard InChI is InChI=1S/C14H30N2O/c1-3-5-7-9-11-16(13-14(15)17)12-10-8-6-4-2/h3-13H2,1-2H3,(H2,15,17). The molecule has 2 N–H and O–H groups in total. The average molecular weight is 242 g/mol. The number of nitrogens with zero attached hydrogens (tertiary/aromatic N) is 1. The van der Waals surface area contributed by atoms with Crippen LogP contribution in [-0.4, -0.2) is 30.4 Å². The molecule has 17 heavy (non-hydrogen) atoms. The van der Waals surface area contributed by atoms with E-state index in [1.165, 1.54) is 51.4 Å². The number of hydrogen-bond donors (Lipinski definition) is 1. The number of nitrogens with two attached hydrogens (primary N) is 1. The van der Waals surface area contributed by atoms with Gasteiger partial charge in [-0.05, 0) is 25.9 Å². The second kappa shape index (κ2) is 11.9. The molecule has 0 unspecified atom stereocenters. The third-order valence-corrected chi connectivity index (χ3v) is 3.04. The van der Waals surface area contributed by atoms with Crippen molar-refractivity contribution in [3.63, 3.8) is 0 Å². The van der Waals surface area contributed by atoms with E-state index in [4.69, 9.17) is 5.73 Å². The summed E-state index contributed by atoms with van der Waals surface area (Å²) in [6.07, 6.45) is 10.0. The number of primary amides is 1. The van der Waals surface area contributed by atoms with Crippen LogP contribution in [0.15, 0.2) is 0 Å². The molecular weight excluding hydrogens is 212 g/mol. The molecule has 0 aromatic rings. The van der Waals surface area contributed by atoms with Crippen molar-refractivity contribution in [1.82, 2.24) is 4.90 Å². The van der Waals surface area contributed by atoms with Gasteiger partial charge < -0.3 is 5.73 Å². The monoisotopic (exact) mass is 242 g/mol. The lowest BCUT2D eigenvalue weighted by Gasteiger charge is -2.20. The molecule has 0 aliphatic heterocycles. The van der Waals surface area contributed by atoms with Gasteiger partial charge in [-0.25, -0.2) is 0 Å². The van der Waals surface area contributed by atoms with Crippen molar-refractivity contribution in [2.45, 2.75) is 65.2 Å². The van der Waals surface area contributed by atoms with E-state index >= 15 is 0 Å². The molecular formula is C14H30N2O. The minimum absolute atomic E-state index is 0.198. The summed E-state index contributed by atoms with van der Waals surface area (Å²) < 4.78 is 0. The van der Waals surface area contributed by atoms with Crippen molar-refractivity contribution in [3.8, 4) is 0 Å². The minimum Gasteiger partial charge on any atom is -0.369 e. The van der Waals surface area contributed by atoms with Crippen LogP contribution in [0.1, 0.15) is 65.2 Å². The van der Waals surface area contributed by atoms with Crippen LogP contribution in [0.3, 0.4) is 0 Å². The first-order chi connectivity index (χ1) is 8.20. The van der Waals surface area contributed by atoms with E-state index in [1.807, 2.05) is 0 Å². The Morgan fingerprint density at radius 1 is 0.882 bits per heavy atom. The Hall–Kier alpha value is -0.570. The quantitative estimate of drug-likeness (QED) is 0.535. The van der Waals surface area contributed by atoms with Crippen LogP contribution < -0.4 is 5.73 Å². The van der Waals surface area contributed by atoms with Crippen molar-refractivity contribution >= 4 is 5.91 Å². The molecule has 0 aromatic carbocycles. The maximum Gasteiger partial charge on any atom is 0.231 e. The number of carbonyl (C=O) groups is 1. The maximum absolute atomic E-state index is 11.0. The van der Waals surface area contributed by atoms with E-state index in [-0.39, 0.29) is 5.91 Å². The van der Waals surface area contributed by atoms with Crippen molar-refractivity contribution < 1.29 is 4.79 Å². The van der Waals surface area contributed by atoms with Crippen LogP contribution in [-0.2, 0) is 4.79 Å². The molecule has 0 heterocycles. The molecule has 3 heteroatoms. The topological polar surface area (TPSA) is 46.3 Å². The average Bonchev–Trinajstić information content (AvgIpc) is 2.29. The fourth-order valence-electron chi connectivity index (χ4n) is 2.01. The molecule has 0 saturated carbocycles. The summed E-state index contributed by atoms with van der Waals surface area (Å²) >= 11 is 0. The van der Waals surface area contributed by atoms with Crippen molar-refractivity contribution in [2.75, 3.05) is 19.6 Å². The molecule has 0 fully saturated rings. The second-order valence-corrected chi connectivity index (χ2v) is 4.86. The van der Waals surface area contributed by atoms with Crippen LogP contribution in [0.4, 0.5) is 0 Å². The summed E-state index contributed by atoms with van der Waals surface area (Å²) in [5.41, 5.74) is 5.27. The van der Waals surface area contributed by atoms with Gasteiger partial charge in [0.15, 0.2) is 0 Å². The van der Waals surface area contributed by atoms with Crippen molar-refractivity contribution in [1.29, 1.82) is 0 Å². The maximum atomic E-state index is 11.0. The lowest BCUT2D eigenvalue weighted by atomic mass is 10.1. The Morgan fingerprint density at radius 3 is 1.71 bits per heavy atom. The fraction of sp³-hybridized carbons (Fsp3) is 0.929. The van der Waals surface area contributed by atoms with E-state index in [0.717, 1.165) is 13.1 Å². The summed E-state index contributed by atoms with van der Waals surface area (Å²) in [6.45, 7) is 6.90. The van der Waals surface area contributed by atoms with Gasteiger partial charge in [0.1, 0.15) is 0 Å². The van der Waals surface area contributed by atoms with Gasteiger partial charge in [0.05, 0.1) is 6.54 Å². The molecule has 0 aliphatic rings. The normalized spacial score (nSPS) is 11.0. The van der Waals surface area contributed by atoms with Gasteiger partial charge in [0.2, 0.25) is 5.91 Å². The zero-order valence-electron chi connectivity index (χ0n) is 11.7. The Bertz CT molecular complexity index is 171. The van der Waals surface area contributed by atoms with Crippen LogP contribution in [0.2, 0.25) is 0 Å². The van der Waals surface area contributed by atoms with Crippen LogP contribution in [0.25, 0.3) is 0 Å². The van der Waals surface area contributed by atoms with E-state index in [9.17, 15) is 4.79 Å². The SMILES string of the molecule is CCCCCCN(CCCCCC)CC(N)=O. The zero-order chi connectivity index (χ0) is 12.9. The predicted molar refractivity (Wildman–Crippen MR) is 73.9 cm³/mol. The largest absolute Gasteiger partial charge is 0.369 e. The first kappa shape index (κ1) is 16.4. The molecule has 1 amide bonds. The Kier molecular flexibility index (Phi) is 11.5. The molecule has 0 spiro atoms. The highest BCUT2D eigenvalue weighted by molar-refractivity contribution is 5.75. The highest BCUT2D eigenvalue weighted by Gasteiger charge is 2.07. The van der Waals surface area contributed by atoms with Gasteiger partial charge in [-0.1, -0.05) is 52.4 Å². The van der Waals surface area contributed by atoms with E-state index in [0.29, 0.717) is 6.54 Å². The lowest BCUT2D eigenvalue weighted by molar-refractivity contribution is -0.119. The summed E-state index contributed by atoms with van der Waals surface area (Å²) in [5.74, 6) is -0.198. The summed E-state index contributed by atoms with van der Waals surface area (Å²) in [4.78, 5) is 13.2. The molecule has 102 valence electrons. The smallest absolute Gasteiger partial charge is 0.231 e. The molecule has 0 atom stereocenters. The Balaban J connectivity index is 3.68. The van der Waals surface area contributed by atoms with E-state index in [2.05, 4.69) is 18.7 Å². The summed E-state index contributed by atoms with van der Waals surface area (Å²) in [5, 5.41) is 0. The summed E-state index contributed by atoms with van der Waals surface area (Å²) in [6, 6.07) is 0. The van der Waals surface area contributed by atoms with Crippen molar-refractivity contribution in [3.05, 3.63) is 0 Å². The summed E-state index contributed by atoms with van der Waals surface area (Å²) in [7, 11) is 0. The van der Waals surface area contributed by atoms with Gasteiger partial charge in [-0.2, -0.15) is 0 Å². The van der Waals surface area contributed by atoms with Gasteiger partial charge in [-0.3, -0.25) is 9.69 Å². The second-order valence-electron chi connectivity index (χ2n) is 4.86. The van der Waals surface area contributed by atoms with E-state index in [1.54, 1.807) is 0 Å². The third kappa shape index (κ3) is 11.7. The fourth-order valence-corrected chi connectivity index (χ4v) is 2.01. The lowest BCUT2D eigenvalue weighted by Crippen LogP contribution is -2.35. The molecule has 0 aliphatic carbocycles. The molecule has 3 nitrogen and oxygen atoms in total. The highest BCUT2D eigenvalue weighted by atomic mass is 16.1. The predicted octanol–water partition coefficient (Wildman–Crippen LogP) is 2.93. The van der Waals surface area contributed by atoms with Crippen molar-refractivity contribution in [2.24, 2.45) is 5.73 Å². The van der Waals surface area contributed by atoms with Gasteiger partial charge in [0.25, 0.3) is 0 Å². The first-order valence-electron chi connectivity index (χ1n) is 7.21. The number of carbonyl (C=O) groups excluding carboxylic acids is 1. The minimum atomic E-state index is -0.198. The van der Waals surface area contributed by atoms with Crippen LogP contribution >= 0.6 is 0 Å². The number of amides is 1. The van der Waals surface area contributed by atoms with Crippen LogP contribution in [0.5, 0.6) is 0 Å². The zero-order valence-corrected chi connectivity index (χ0v) is 11.7. The number of rotatable bonds is 12. The number of hydrogen-bond acceptors (Lipinski definition) is 2. The highest BCUT2D eigenvalue weighted by Crippen LogP contribution is 2.04. The number of unbranched alkanes of at least 4 members (excludes halogenated alkanes) is 6. The molecule has 0 aromatic heterocycles. The molecule has 0 radical (unpaired) electrons. The Labute approximate surface area is 107 Å². The van der Waals surface area contributed by atoms with Gasteiger partial charge >= 0.3 is 0 Å². The van der Waals surface area contributed by atoms with Gasteiger partial charge in [0, 0.05) is 0 Å².